The van der Waals surface area contributed by atoms with E-state index < -0.39 is 5.82 Å². The zero-order chi connectivity index (χ0) is 14.8. The summed E-state index contributed by atoms with van der Waals surface area (Å²) < 4.78 is 15.8. The first-order valence-electron chi connectivity index (χ1n) is 5.86. The monoisotopic (exact) mass is 349 g/mol. The lowest BCUT2D eigenvalue weighted by molar-refractivity contribution is 0.631. The van der Waals surface area contributed by atoms with Crippen molar-refractivity contribution in [3.63, 3.8) is 0 Å². The lowest BCUT2D eigenvalue weighted by atomic mass is 10.3. The molecule has 3 aromatic rings. The molecular weight excluding hydrogens is 341 g/mol. The van der Waals surface area contributed by atoms with E-state index in [2.05, 4.69) is 41.3 Å². The third-order valence-electron chi connectivity index (χ3n) is 2.55. The van der Waals surface area contributed by atoms with E-state index in [9.17, 15) is 4.39 Å². The van der Waals surface area contributed by atoms with E-state index in [1.165, 1.54) is 10.7 Å². The first kappa shape index (κ1) is 13.4. The zero-order valence-corrected chi connectivity index (χ0v) is 12.1. The first-order chi connectivity index (χ1) is 10.1. The molecule has 0 fully saturated rings. The topological polar surface area (TPSA) is 94.5 Å². The molecule has 106 valence electrons. The molecule has 3 N–H and O–H groups in total. The fourth-order valence-electron chi connectivity index (χ4n) is 1.66. The molecule has 0 bridgehead atoms. The Morgan fingerprint density at radius 2 is 2.05 bits per heavy atom. The number of halogens is 2. The third-order valence-corrected chi connectivity index (χ3v) is 3.21. The van der Waals surface area contributed by atoms with Crippen LogP contribution in [0.4, 0.5) is 22.0 Å². The van der Waals surface area contributed by atoms with E-state index in [1.807, 2.05) is 0 Å². The average Bonchev–Trinajstić information content (AvgIpc) is 2.97. The number of nitrogens with zero attached hydrogens (tertiary/aromatic N) is 5. The number of hydrogen-bond acceptors (Lipinski definition) is 6. The molecule has 0 amide bonds. The van der Waals surface area contributed by atoms with Crippen LogP contribution in [0.2, 0.25) is 0 Å². The molecule has 0 spiro atoms. The summed E-state index contributed by atoms with van der Waals surface area (Å²) >= 11 is 3.26. The smallest absolute Gasteiger partial charge is 0.257 e. The molecule has 9 heteroatoms. The number of benzene rings is 1. The number of hydrogen-bond donors (Lipinski definition) is 2. The Balaban J connectivity index is 2.00. The van der Waals surface area contributed by atoms with Crippen LogP contribution in [0.25, 0.3) is 5.95 Å². The highest BCUT2D eigenvalue weighted by atomic mass is 79.9. The van der Waals surface area contributed by atoms with Gasteiger partial charge in [-0.3, -0.25) is 0 Å². The minimum Gasteiger partial charge on any atom is -0.368 e. The third kappa shape index (κ3) is 2.82. The van der Waals surface area contributed by atoms with E-state index >= 15 is 0 Å². The summed E-state index contributed by atoms with van der Waals surface area (Å²) in [7, 11) is 0. The minimum absolute atomic E-state index is 0.00506. The molecule has 3 rings (SSSR count). The number of anilines is 3. The van der Waals surface area contributed by atoms with Crippen molar-refractivity contribution in [3.05, 3.63) is 46.9 Å². The van der Waals surface area contributed by atoms with Crippen LogP contribution < -0.4 is 11.1 Å². The molecule has 0 aliphatic carbocycles. The Kier molecular flexibility index (Phi) is 3.48. The molecule has 0 saturated carbocycles. The van der Waals surface area contributed by atoms with Gasteiger partial charge in [-0.15, -0.1) is 0 Å². The zero-order valence-electron chi connectivity index (χ0n) is 10.5. The molecule has 0 aliphatic rings. The molecule has 2 aromatic heterocycles. The number of nitrogens with one attached hydrogen (secondary N) is 1. The highest BCUT2D eigenvalue weighted by Gasteiger charge is 2.11. The largest absolute Gasteiger partial charge is 0.368 e. The van der Waals surface area contributed by atoms with Gasteiger partial charge in [0.25, 0.3) is 5.95 Å². The maximum Gasteiger partial charge on any atom is 0.257 e. The Morgan fingerprint density at radius 3 is 2.76 bits per heavy atom. The molecule has 2 heterocycles. The van der Waals surface area contributed by atoms with Gasteiger partial charge in [0.15, 0.2) is 0 Å². The second-order valence-corrected chi connectivity index (χ2v) is 4.84. The van der Waals surface area contributed by atoms with Gasteiger partial charge in [0.2, 0.25) is 11.9 Å². The summed E-state index contributed by atoms with van der Waals surface area (Å²) in [6.45, 7) is 0. The number of nitrogens with two attached hydrogens (primary N) is 1. The van der Waals surface area contributed by atoms with Crippen molar-refractivity contribution in [1.82, 2.24) is 24.7 Å². The normalized spacial score (nSPS) is 10.6. The van der Waals surface area contributed by atoms with Gasteiger partial charge >= 0.3 is 0 Å². The van der Waals surface area contributed by atoms with Gasteiger partial charge in [0, 0.05) is 16.9 Å². The Labute approximate surface area is 127 Å². The summed E-state index contributed by atoms with van der Waals surface area (Å²) in [5.74, 6) is -0.0734. The summed E-state index contributed by atoms with van der Waals surface area (Å²) in [5, 5.41) is 6.79. The van der Waals surface area contributed by atoms with Crippen molar-refractivity contribution in [1.29, 1.82) is 0 Å². The Morgan fingerprint density at radius 1 is 1.19 bits per heavy atom. The number of para-hydroxylation sites is 1. The predicted molar refractivity (Wildman–Crippen MR) is 78.7 cm³/mol. The lowest BCUT2D eigenvalue weighted by Crippen LogP contribution is -2.10. The summed E-state index contributed by atoms with van der Waals surface area (Å²) in [4.78, 5) is 12.1. The van der Waals surface area contributed by atoms with E-state index in [4.69, 9.17) is 5.73 Å². The molecule has 0 aliphatic heterocycles. The SMILES string of the molecule is Nc1nc(Nc2c(F)cccc2Br)nc(-n2cccn2)n1. The second-order valence-electron chi connectivity index (χ2n) is 3.99. The average molecular weight is 350 g/mol. The minimum atomic E-state index is -0.441. The molecular formula is C12H9BrFN7. The fourth-order valence-corrected chi connectivity index (χ4v) is 2.10. The van der Waals surface area contributed by atoms with Crippen molar-refractivity contribution in [2.45, 2.75) is 0 Å². The maximum atomic E-state index is 13.8. The van der Waals surface area contributed by atoms with Crippen LogP contribution in [0.1, 0.15) is 0 Å². The van der Waals surface area contributed by atoms with Crippen molar-refractivity contribution < 1.29 is 4.39 Å². The van der Waals surface area contributed by atoms with Gasteiger partial charge in [-0.05, 0) is 34.1 Å². The van der Waals surface area contributed by atoms with Gasteiger partial charge in [-0.1, -0.05) is 6.07 Å². The van der Waals surface area contributed by atoms with E-state index in [1.54, 1.807) is 30.6 Å². The Hall–Kier alpha value is -2.55. The highest BCUT2D eigenvalue weighted by molar-refractivity contribution is 9.10. The number of nitrogen functional groups attached to an aromatic ring is 1. The molecule has 0 unspecified atom stereocenters. The fraction of sp³-hybridized carbons (Fsp3) is 0. The van der Waals surface area contributed by atoms with Crippen LogP contribution in [0.3, 0.4) is 0 Å². The molecule has 0 atom stereocenters. The van der Waals surface area contributed by atoms with Crippen molar-refractivity contribution in [2.24, 2.45) is 0 Å². The van der Waals surface area contributed by atoms with E-state index in [0.717, 1.165) is 0 Å². The summed E-state index contributed by atoms with van der Waals surface area (Å²) in [6.07, 6.45) is 3.25. The Bertz CT molecular complexity index is 755. The van der Waals surface area contributed by atoms with Gasteiger partial charge in [0.1, 0.15) is 5.82 Å². The number of aromatic nitrogens is 5. The van der Waals surface area contributed by atoms with Gasteiger partial charge in [-0.25, -0.2) is 9.07 Å². The van der Waals surface area contributed by atoms with Crippen molar-refractivity contribution in [2.75, 3.05) is 11.1 Å². The van der Waals surface area contributed by atoms with E-state index in [0.29, 0.717) is 4.47 Å². The predicted octanol–water partition coefficient (Wildman–Crippen LogP) is 2.28. The van der Waals surface area contributed by atoms with E-state index in [-0.39, 0.29) is 23.5 Å². The van der Waals surface area contributed by atoms with Crippen LogP contribution in [-0.4, -0.2) is 24.7 Å². The summed E-state index contributed by atoms with van der Waals surface area (Å²) in [5.41, 5.74) is 5.86. The van der Waals surface area contributed by atoms with Crippen LogP contribution in [-0.2, 0) is 0 Å². The highest BCUT2D eigenvalue weighted by Crippen LogP contribution is 2.27. The quantitative estimate of drug-likeness (QED) is 0.753. The van der Waals surface area contributed by atoms with Crippen molar-refractivity contribution in [3.8, 4) is 5.95 Å². The maximum absolute atomic E-state index is 13.8. The lowest BCUT2D eigenvalue weighted by Gasteiger charge is -2.09. The van der Waals surface area contributed by atoms with Gasteiger partial charge < -0.3 is 11.1 Å². The molecule has 7 nitrogen and oxygen atoms in total. The molecule has 1 aromatic carbocycles. The summed E-state index contributed by atoms with van der Waals surface area (Å²) in [6, 6.07) is 6.33. The standard InChI is InChI=1S/C12H9BrFN7/c13-7-3-1-4-8(14)9(7)17-11-18-10(15)19-12(20-11)21-6-2-5-16-21/h1-6H,(H3,15,17,18,19,20). The van der Waals surface area contributed by atoms with Crippen molar-refractivity contribution >= 4 is 33.5 Å². The van der Waals surface area contributed by atoms with Gasteiger partial charge in [0.05, 0.1) is 5.69 Å². The molecule has 21 heavy (non-hydrogen) atoms. The van der Waals surface area contributed by atoms with Crippen LogP contribution in [0, 0.1) is 5.82 Å². The number of rotatable bonds is 3. The first-order valence-corrected chi connectivity index (χ1v) is 6.65. The molecule has 0 saturated heterocycles. The molecule has 0 radical (unpaired) electrons. The van der Waals surface area contributed by atoms with Crippen LogP contribution >= 0.6 is 15.9 Å². The van der Waals surface area contributed by atoms with Gasteiger partial charge in [-0.2, -0.15) is 20.1 Å². The second kappa shape index (κ2) is 5.44. The van der Waals surface area contributed by atoms with Crippen LogP contribution in [0.5, 0.6) is 0 Å². The van der Waals surface area contributed by atoms with Crippen LogP contribution in [0.15, 0.2) is 41.1 Å².